The molecule has 5 heterocycles. The van der Waals surface area contributed by atoms with Crippen LogP contribution >= 0.6 is 18.9 Å². The van der Waals surface area contributed by atoms with Crippen LogP contribution in [-0.2, 0) is 30.7 Å². The van der Waals surface area contributed by atoms with Crippen molar-refractivity contribution in [1.29, 1.82) is 0 Å². The Labute approximate surface area is 352 Å². The van der Waals surface area contributed by atoms with Crippen molar-refractivity contribution in [2.24, 2.45) is 7.05 Å². The molecule has 1 saturated carbocycles. The van der Waals surface area contributed by atoms with Crippen LogP contribution in [-0.4, -0.2) is 80.9 Å². The Morgan fingerprint density at radius 1 is 1.02 bits per heavy atom. The lowest BCUT2D eigenvalue weighted by molar-refractivity contribution is -0.147. The van der Waals surface area contributed by atoms with Crippen molar-refractivity contribution >= 4 is 52.6 Å². The number of fused-ring (bicyclic) bond motifs is 2. The highest BCUT2D eigenvalue weighted by molar-refractivity contribution is 7.57. The van der Waals surface area contributed by atoms with E-state index in [9.17, 15) is 28.5 Å². The first kappa shape index (κ1) is 41.9. The number of carbonyl (C=O) groups is 4. The number of halogens is 1. The number of esters is 1. The number of ether oxygens (including phenoxy) is 1. The summed E-state index contributed by atoms with van der Waals surface area (Å²) in [6.45, 7) is 3.94. The number of aryl methyl sites for hydroxylation is 1. The first-order valence-electron chi connectivity index (χ1n) is 20.9. The Morgan fingerprint density at radius 2 is 1.80 bits per heavy atom. The molecular formula is C44H51FN5O8PS. The Balaban J connectivity index is 0.969. The second-order valence-corrected chi connectivity index (χ2v) is 19.9. The number of nitrogens with zero attached hydrogens (tertiary/aromatic N) is 3. The first-order chi connectivity index (χ1) is 28.8. The van der Waals surface area contributed by atoms with Crippen molar-refractivity contribution in [3.63, 3.8) is 0 Å². The molecule has 3 amide bonds. The normalized spacial score (nSPS) is 24.0. The molecule has 3 aliphatic heterocycles. The summed E-state index contributed by atoms with van der Waals surface area (Å²) in [5.41, 5.74) is 0.633. The van der Waals surface area contributed by atoms with Crippen LogP contribution in [0.25, 0.3) is 10.1 Å². The van der Waals surface area contributed by atoms with Crippen molar-refractivity contribution in [3.05, 3.63) is 99.3 Å². The van der Waals surface area contributed by atoms with Crippen molar-refractivity contribution in [2.45, 2.75) is 113 Å². The molecule has 4 aromatic rings. The molecule has 7 atom stereocenters. The molecule has 60 heavy (non-hydrogen) atoms. The molecule has 1 spiro atoms. The van der Waals surface area contributed by atoms with Gasteiger partial charge in [0.05, 0.1) is 11.5 Å². The second kappa shape index (κ2) is 16.9. The number of aromatic nitrogens is 1. The molecule has 0 radical (unpaired) electrons. The van der Waals surface area contributed by atoms with Crippen LogP contribution in [0.1, 0.15) is 104 Å². The maximum absolute atomic E-state index is 16.5. The van der Waals surface area contributed by atoms with Gasteiger partial charge in [-0.1, -0.05) is 31.2 Å². The van der Waals surface area contributed by atoms with E-state index in [1.165, 1.54) is 35.0 Å². The number of alkyl halides is 1. The number of para-hydroxylation sites is 1. The zero-order valence-electron chi connectivity index (χ0n) is 34.0. The third-order valence-electron chi connectivity index (χ3n) is 12.5. The molecule has 13 nitrogen and oxygen atoms in total. The lowest BCUT2D eigenvalue weighted by Crippen LogP contribution is -2.56. The van der Waals surface area contributed by atoms with Crippen LogP contribution < -0.4 is 20.5 Å². The number of carbonyl (C=O) groups excluding carboxylic acids is 4. The molecule has 4 fully saturated rings. The summed E-state index contributed by atoms with van der Waals surface area (Å²) in [4.78, 5) is 71.7. The van der Waals surface area contributed by atoms with Crippen LogP contribution in [0.15, 0.2) is 77.7 Å². The molecule has 2 aromatic carbocycles. The van der Waals surface area contributed by atoms with E-state index in [-0.39, 0.29) is 52.8 Å². The van der Waals surface area contributed by atoms with Crippen molar-refractivity contribution in [1.82, 2.24) is 24.8 Å². The van der Waals surface area contributed by atoms with E-state index in [0.717, 1.165) is 37.7 Å². The summed E-state index contributed by atoms with van der Waals surface area (Å²) >= 11 is 1.18. The van der Waals surface area contributed by atoms with Gasteiger partial charge in [0, 0.05) is 48.1 Å². The lowest BCUT2D eigenvalue weighted by Gasteiger charge is -2.34. The summed E-state index contributed by atoms with van der Waals surface area (Å²) in [6.07, 6.45) is 8.11. The van der Waals surface area contributed by atoms with E-state index in [0.29, 0.717) is 47.2 Å². The highest BCUT2D eigenvalue weighted by atomic mass is 32.1. The summed E-state index contributed by atoms with van der Waals surface area (Å²) < 4.78 is 44.0. The van der Waals surface area contributed by atoms with Gasteiger partial charge >= 0.3 is 13.5 Å². The first-order valence-corrected chi connectivity index (χ1v) is 23.4. The highest BCUT2D eigenvalue weighted by Crippen LogP contribution is 2.58. The molecular weight excluding hydrogens is 809 g/mol. The topological polar surface area (TPSA) is 156 Å². The largest absolute Gasteiger partial charge is 0.465 e. The third kappa shape index (κ3) is 8.28. The number of hydrogen-bond acceptors (Lipinski definition) is 9. The van der Waals surface area contributed by atoms with Gasteiger partial charge in [-0.15, -0.1) is 11.3 Å². The fourth-order valence-corrected chi connectivity index (χ4v) is 12.0. The predicted octanol–water partition coefficient (Wildman–Crippen LogP) is 6.96. The Kier molecular flexibility index (Phi) is 11.8. The summed E-state index contributed by atoms with van der Waals surface area (Å²) in [7, 11) is -2.73. The average Bonchev–Trinajstić information content (AvgIpc) is 3.54. The average molecular weight is 860 g/mol. The Morgan fingerprint density at radius 3 is 2.53 bits per heavy atom. The third-order valence-corrected chi connectivity index (χ3v) is 15.7. The SMILES string of the molecule is CCCOC(=O)[C@H](C)NP(=O)(Oc1ccccc1)[C@@H](F)c1ccc2sc(C(=O)N[C@H]3CCC[C@H]4CC[C@@H](C(=O)N5C[C@@H](c6ccn(C)c(=O)c6)CC56CC6)N4C3=O)cc2c1. The zero-order valence-corrected chi connectivity index (χ0v) is 35.7. The predicted molar refractivity (Wildman–Crippen MR) is 226 cm³/mol. The minimum atomic E-state index is -4.45. The Hall–Kier alpha value is -4.85. The van der Waals surface area contributed by atoms with Crippen molar-refractivity contribution < 1.29 is 37.4 Å². The zero-order chi connectivity index (χ0) is 42.3. The number of benzene rings is 2. The molecule has 3 saturated heterocycles. The molecule has 16 heteroatoms. The minimum Gasteiger partial charge on any atom is -0.465 e. The molecule has 1 unspecified atom stereocenters. The molecule has 2 N–H and O–H groups in total. The molecule has 4 aliphatic rings. The smallest absolute Gasteiger partial charge is 0.355 e. The molecule has 0 bridgehead atoms. The lowest BCUT2D eigenvalue weighted by atomic mass is 9.96. The number of amides is 3. The van der Waals surface area contributed by atoms with E-state index in [1.807, 2.05) is 17.9 Å². The van der Waals surface area contributed by atoms with Gasteiger partial charge in [0.25, 0.3) is 11.5 Å². The van der Waals surface area contributed by atoms with Crippen LogP contribution in [0.4, 0.5) is 4.39 Å². The fourth-order valence-electron chi connectivity index (χ4n) is 9.12. The summed E-state index contributed by atoms with van der Waals surface area (Å²) in [5, 5.41) is 6.07. The maximum Gasteiger partial charge on any atom is 0.355 e. The van der Waals surface area contributed by atoms with Gasteiger partial charge in [-0.25, -0.2) is 9.48 Å². The number of hydrogen-bond donors (Lipinski definition) is 2. The van der Waals surface area contributed by atoms with E-state index in [1.54, 1.807) is 66.7 Å². The number of likely N-dealkylation sites (tertiary alicyclic amines) is 1. The van der Waals surface area contributed by atoms with E-state index in [2.05, 4.69) is 10.4 Å². The molecule has 1 aliphatic carbocycles. The number of pyridine rings is 1. The van der Waals surface area contributed by atoms with Crippen molar-refractivity contribution in [3.8, 4) is 5.75 Å². The van der Waals surface area contributed by atoms with Gasteiger partial charge < -0.3 is 28.9 Å². The Bertz CT molecular complexity index is 2400. The van der Waals surface area contributed by atoms with E-state index < -0.39 is 43.4 Å². The maximum atomic E-state index is 16.5. The number of nitrogens with one attached hydrogen (secondary N) is 2. The summed E-state index contributed by atoms with van der Waals surface area (Å²) in [6, 6.07) is 15.3. The summed E-state index contributed by atoms with van der Waals surface area (Å²) in [5.74, 6) is -3.44. The quantitative estimate of drug-likeness (QED) is 0.107. The second-order valence-electron chi connectivity index (χ2n) is 16.7. The minimum absolute atomic E-state index is 0.0215. The van der Waals surface area contributed by atoms with Crippen LogP contribution in [0.2, 0.25) is 0 Å². The fraction of sp³-hybridized carbons (Fsp3) is 0.477. The van der Waals surface area contributed by atoms with E-state index in [4.69, 9.17) is 9.26 Å². The van der Waals surface area contributed by atoms with E-state index >= 15 is 4.39 Å². The monoisotopic (exact) mass is 859 g/mol. The van der Waals surface area contributed by atoms with Gasteiger partial charge in [-0.2, -0.15) is 0 Å². The molecule has 2 aromatic heterocycles. The van der Waals surface area contributed by atoms with Gasteiger partial charge in [0.1, 0.15) is 23.9 Å². The number of thiophene rings is 1. The standard InChI is InChI=1S/C44H51FN5O8PS/c1-4-21-57-43(55)27(2)47-59(56,58-33-10-6-5-7-11-33)39(45)29-13-16-36-30(22-29)23-37(60-36)40(52)46-34-12-8-9-32-14-15-35(50(32)41(34)53)42(54)49-26-31(25-44(49)18-19-44)28-17-20-48(3)38(51)24-28/h5-7,10-11,13,16-17,20,22-24,27,31-32,34-35,39H,4,8-9,12,14-15,18-19,21,25-26H2,1-3H3,(H,46,52)(H,47,56)/t27-,31-,32-,34-,35-,39+,59?/m0/s1. The number of rotatable bonds is 13. The van der Waals surface area contributed by atoms with Gasteiger partial charge in [-0.3, -0.25) is 28.5 Å². The highest BCUT2D eigenvalue weighted by Gasteiger charge is 2.58. The van der Waals surface area contributed by atoms with Crippen LogP contribution in [0, 0.1) is 0 Å². The van der Waals surface area contributed by atoms with Gasteiger partial charge in [0.2, 0.25) is 17.7 Å². The molecule has 318 valence electrons. The van der Waals surface area contributed by atoms with Gasteiger partial charge in [0.15, 0.2) is 0 Å². The van der Waals surface area contributed by atoms with Gasteiger partial charge in [-0.05, 0) is 118 Å². The van der Waals surface area contributed by atoms with Crippen LogP contribution in [0.3, 0.4) is 0 Å². The van der Waals surface area contributed by atoms with Crippen molar-refractivity contribution in [2.75, 3.05) is 13.2 Å². The van der Waals surface area contributed by atoms with Crippen LogP contribution in [0.5, 0.6) is 5.75 Å². The molecule has 8 rings (SSSR count).